The van der Waals surface area contributed by atoms with Crippen LogP contribution in [0, 0.1) is 6.92 Å². The van der Waals surface area contributed by atoms with E-state index in [1.165, 1.54) is 47.0 Å². The van der Waals surface area contributed by atoms with Crippen molar-refractivity contribution in [2.75, 3.05) is 10.6 Å². The van der Waals surface area contributed by atoms with Crippen LogP contribution in [0.2, 0.25) is 0 Å². The molecule has 0 unspecified atom stereocenters. The lowest BCUT2D eigenvalue weighted by molar-refractivity contribution is -0.137. The molecule has 2 amide bonds. The number of nitrogens with zero attached hydrogens (tertiary/aromatic N) is 5. The zero-order valence-corrected chi connectivity index (χ0v) is 20.5. The van der Waals surface area contributed by atoms with Gasteiger partial charge in [-0.2, -0.15) is 13.2 Å². The molecule has 0 atom stereocenters. The van der Waals surface area contributed by atoms with Gasteiger partial charge in [-0.15, -0.1) is 0 Å². The summed E-state index contributed by atoms with van der Waals surface area (Å²) in [4.78, 5) is 36.3. The van der Waals surface area contributed by atoms with Crippen molar-refractivity contribution in [1.82, 2.24) is 24.1 Å². The molecule has 0 bridgehead atoms. The average molecular weight is 535 g/mol. The van der Waals surface area contributed by atoms with E-state index < -0.39 is 17.8 Å². The summed E-state index contributed by atoms with van der Waals surface area (Å²) in [5.41, 5.74) is 0.391. The predicted molar refractivity (Wildman–Crippen MR) is 136 cm³/mol. The summed E-state index contributed by atoms with van der Waals surface area (Å²) in [7, 11) is 0. The number of aryl methyl sites for hydroxylation is 1. The molecule has 5 rings (SSSR count). The van der Waals surface area contributed by atoms with E-state index in [9.17, 15) is 22.8 Å². The van der Waals surface area contributed by atoms with Crippen LogP contribution in [0.5, 0.6) is 11.6 Å². The van der Waals surface area contributed by atoms with Gasteiger partial charge in [0.05, 0.1) is 23.1 Å². The van der Waals surface area contributed by atoms with Crippen molar-refractivity contribution in [3.05, 3.63) is 84.8 Å². The van der Waals surface area contributed by atoms with E-state index in [0.717, 1.165) is 12.1 Å². The second kappa shape index (κ2) is 9.93. The summed E-state index contributed by atoms with van der Waals surface area (Å²) in [5, 5.41) is 5.72. The predicted octanol–water partition coefficient (Wildman–Crippen LogP) is 5.78. The van der Waals surface area contributed by atoms with Crippen molar-refractivity contribution in [1.29, 1.82) is 0 Å². The maximum absolute atomic E-state index is 13.6. The van der Waals surface area contributed by atoms with Crippen molar-refractivity contribution in [2.24, 2.45) is 0 Å². The third kappa shape index (κ3) is 5.71. The number of aromatic nitrogens is 5. The Morgan fingerprint density at radius 2 is 1.79 bits per heavy atom. The number of rotatable bonds is 5. The van der Waals surface area contributed by atoms with Gasteiger partial charge in [0.15, 0.2) is 0 Å². The molecule has 3 heterocycles. The van der Waals surface area contributed by atoms with Crippen LogP contribution in [0.1, 0.15) is 18.2 Å². The Morgan fingerprint density at radius 3 is 2.51 bits per heavy atom. The van der Waals surface area contributed by atoms with Crippen LogP contribution < -0.4 is 15.4 Å². The molecular weight excluding hydrogens is 515 g/mol. The van der Waals surface area contributed by atoms with E-state index in [1.54, 1.807) is 37.4 Å². The molecule has 0 saturated carbocycles. The smallest absolute Gasteiger partial charge is 0.416 e. The normalized spacial score (nSPS) is 11.4. The van der Waals surface area contributed by atoms with E-state index in [-0.39, 0.29) is 29.0 Å². The first-order chi connectivity index (χ1) is 18.5. The van der Waals surface area contributed by atoms with Crippen molar-refractivity contribution in [2.45, 2.75) is 20.0 Å². The van der Waals surface area contributed by atoms with Gasteiger partial charge in [-0.25, -0.2) is 19.7 Å². The number of amides is 2. The summed E-state index contributed by atoms with van der Waals surface area (Å²) >= 11 is 0. The highest BCUT2D eigenvalue weighted by Gasteiger charge is 2.31. The van der Waals surface area contributed by atoms with Crippen molar-refractivity contribution in [3.63, 3.8) is 0 Å². The highest BCUT2D eigenvalue weighted by atomic mass is 19.4. The number of alkyl halides is 3. The molecule has 0 radical (unpaired) electrons. The van der Waals surface area contributed by atoms with Gasteiger partial charge >= 0.3 is 12.2 Å². The molecule has 13 heteroatoms. The Morgan fingerprint density at radius 1 is 0.974 bits per heavy atom. The maximum atomic E-state index is 13.6. The van der Waals surface area contributed by atoms with Crippen LogP contribution in [0.4, 0.5) is 29.5 Å². The molecule has 5 aromatic rings. The third-order valence-electron chi connectivity index (χ3n) is 5.56. The van der Waals surface area contributed by atoms with Crippen molar-refractivity contribution >= 4 is 34.3 Å². The summed E-state index contributed by atoms with van der Waals surface area (Å²) in [6, 6.07) is 10.7. The van der Waals surface area contributed by atoms with Gasteiger partial charge in [0.2, 0.25) is 11.8 Å². The first-order valence-electron chi connectivity index (χ1n) is 11.5. The second-order valence-corrected chi connectivity index (χ2v) is 8.55. The number of fused-ring (bicyclic) bond motifs is 1. The fourth-order valence-corrected chi connectivity index (χ4v) is 3.87. The molecule has 0 fully saturated rings. The number of carbonyl (C=O) groups excluding carboxylic acids is 2. The van der Waals surface area contributed by atoms with Crippen molar-refractivity contribution < 1.29 is 27.5 Å². The second-order valence-electron chi connectivity index (χ2n) is 8.55. The highest BCUT2D eigenvalue weighted by molar-refractivity contribution is 5.99. The van der Waals surface area contributed by atoms with Gasteiger partial charge < -0.3 is 19.9 Å². The number of carbonyl (C=O) groups is 2. The molecule has 0 aliphatic rings. The lowest BCUT2D eigenvalue weighted by atomic mass is 10.1. The minimum atomic E-state index is -4.62. The van der Waals surface area contributed by atoms with Gasteiger partial charge in [-0.05, 0) is 49.4 Å². The minimum Gasteiger partial charge on any atom is -0.439 e. The minimum absolute atomic E-state index is 0.0308. The first-order valence-corrected chi connectivity index (χ1v) is 11.5. The largest absolute Gasteiger partial charge is 0.439 e. The molecule has 0 saturated heterocycles. The number of nitrogens with one attached hydrogen (secondary N) is 2. The zero-order chi connectivity index (χ0) is 27.7. The van der Waals surface area contributed by atoms with Crippen LogP contribution in [0.25, 0.3) is 16.6 Å². The summed E-state index contributed by atoms with van der Waals surface area (Å²) in [5.74, 6) is 0.584. The van der Waals surface area contributed by atoms with Gasteiger partial charge in [0.1, 0.15) is 17.9 Å². The number of halogens is 3. The zero-order valence-electron chi connectivity index (χ0n) is 20.5. The quantitative estimate of drug-likeness (QED) is 0.295. The molecule has 198 valence electrons. The molecule has 0 aliphatic heterocycles. The van der Waals surface area contributed by atoms with E-state index >= 15 is 0 Å². The summed E-state index contributed by atoms with van der Waals surface area (Å²) in [6.45, 7) is 3.07. The van der Waals surface area contributed by atoms with Crippen LogP contribution in [-0.2, 0) is 11.0 Å². The number of ether oxygens (including phenoxy) is 1. The fourth-order valence-electron chi connectivity index (χ4n) is 3.87. The summed E-state index contributed by atoms with van der Waals surface area (Å²) < 4.78 is 49.2. The number of benzene rings is 2. The Balaban J connectivity index is 1.39. The van der Waals surface area contributed by atoms with Crippen molar-refractivity contribution in [3.8, 4) is 17.3 Å². The molecular formula is C26H20F3N7O3. The Hall–Kier alpha value is -5.20. The lowest BCUT2D eigenvalue weighted by Crippen LogP contribution is -2.19. The average Bonchev–Trinajstić information content (AvgIpc) is 3.49. The number of hydrogen-bond donors (Lipinski definition) is 2. The third-order valence-corrected chi connectivity index (χ3v) is 5.56. The van der Waals surface area contributed by atoms with Crippen LogP contribution in [0.3, 0.4) is 0 Å². The fraction of sp³-hybridized carbons (Fsp3) is 0.115. The SMILES string of the molecule is CC(=O)Nc1cc(Oc2ccc3c(ccn3C(=O)Nc3cc(-n4cnc(C)c4)cc(C(F)(F)F)c3)c2)ncn1. The molecule has 3 aromatic heterocycles. The first kappa shape index (κ1) is 25.4. The van der Waals surface area contributed by atoms with E-state index in [2.05, 4.69) is 25.6 Å². The van der Waals surface area contributed by atoms with Crippen LogP contribution in [-0.4, -0.2) is 36.0 Å². The van der Waals surface area contributed by atoms with Gasteiger partial charge in [-0.3, -0.25) is 9.36 Å². The topological polar surface area (TPSA) is 116 Å². The maximum Gasteiger partial charge on any atom is 0.416 e. The van der Waals surface area contributed by atoms with Gasteiger partial charge in [0.25, 0.3) is 0 Å². The number of imidazole rings is 1. The molecule has 10 nitrogen and oxygen atoms in total. The van der Waals surface area contributed by atoms with E-state index in [1.807, 2.05) is 0 Å². The standard InChI is InChI=1S/C26H20F3N7O3/c1-15-12-35(14-32-15)20-9-18(26(27,28)29)8-19(10-20)34-25(38)36-6-5-17-7-21(3-4-22(17)36)39-24-11-23(30-13-31-24)33-16(2)37/h3-14H,1-2H3,(H,34,38)(H,30,31,33,37). The van der Waals surface area contributed by atoms with Gasteiger partial charge in [0, 0.05) is 42.1 Å². The Kier molecular flexibility index (Phi) is 6.48. The highest BCUT2D eigenvalue weighted by Crippen LogP contribution is 2.33. The molecule has 0 aliphatic carbocycles. The molecule has 39 heavy (non-hydrogen) atoms. The monoisotopic (exact) mass is 535 g/mol. The van der Waals surface area contributed by atoms with Crippen LogP contribution >= 0.6 is 0 Å². The van der Waals surface area contributed by atoms with E-state index in [4.69, 9.17) is 4.74 Å². The molecule has 2 N–H and O–H groups in total. The molecule has 0 spiro atoms. The number of hydrogen-bond acceptors (Lipinski definition) is 6. The Bertz CT molecular complexity index is 1710. The van der Waals surface area contributed by atoms with Gasteiger partial charge in [-0.1, -0.05) is 0 Å². The molecule has 2 aromatic carbocycles. The van der Waals surface area contributed by atoms with E-state index in [0.29, 0.717) is 22.3 Å². The lowest BCUT2D eigenvalue weighted by Gasteiger charge is -2.14. The number of anilines is 2. The summed E-state index contributed by atoms with van der Waals surface area (Å²) in [6.07, 6.45) is 1.11. The van der Waals surface area contributed by atoms with Crippen LogP contribution in [0.15, 0.2) is 73.6 Å². The Labute approximate surface area is 219 Å².